The summed E-state index contributed by atoms with van der Waals surface area (Å²) in [4.78, 5) is 15.9. The molecule has 2 aromatic carbocycles. The van der Waals surface area contributed by atoms with E-state index in [-0.39, 0.29) is 16.3 Å². The Bertz CT molecular complexity index is 1290. The molecule has 14 heteroatoms. The second-order valence-corrected chi connectivity index (χ2v) is 11.2. The van der Waals surface area contributed by atoms with E-state index in [9.17, 15) is 36.2 Å². The highest BCUT2D eigenvalue weighted by Crippen LogP contribution is 2.49. The molecule has 0 aromatic heterocycles. The van der Waals surface area contributed by atoms with Gasteiger partial charge in [-0.1, -0.05) is 35.9 Å². The summed E-state index contributed by atoms with van der Waals surface area (Å²) in [6.45, 7) is 6.80. The number of carbonyl (C=O) groups excluding carboxylic acids is 1. The number of anilines is 2. The van der Waals surface area contributed by atoms with Gasteiger partial charge in [-0.2, -0.15) is 31.4 Å². The molecule has 1 saturated heterocycles. The van der Waals surface area contributed by atoms with Gasteiger partial charge in [0.1, 0.15) is 5.60 Å². The molecule has 224 valence electrons. The molecule has 0 saturated carbocycles. The van der Waals surface area contributed by atoms with E-state index < -0.39 is 47.8 Å². The van der Waals surface area contributed by atoms with Crippen molar-refractivity contribution >= 4 is 34.8 Å². The number of alkyl halides is 6. The molecule has 2 heterocycles. The van der Waals surface area contributed by atoms with Crippen molar-refractivity contribution in [2.45, 2.75) is 56.8 Å². The number of halogens is 7. The van der Waals surface area contributed by atoms with Gasteiger partial charge < -0.3 is 19.6 Å². The summed E-state index contributed by atoms with van der Waals surface area (Å²) in [7, 11) is 0. The van der Waals surface area contributed by atoms with E-state index in [0.29, 0.717) is 31.9 Å². The average Bonchev–Trinajstić information content (AvgIpc) is 3.32. The first kappa shape index (κ1) is 30.8. The maximum atomic E-state index is 13.7. The van der Waals surface area contributed by atoms with Gasteiger partial charge in [0.05, 0.1) is 17.4 Å². The first-order valence-corrected chi connectivity index (χ1v) is 13.1. The highest BCUT2D eigenvalue weighted by Gasteiger charge is 2.74. The van der Waals surface area contributed by atoms with Crippen molar-refractivity contribution in [3.63, 3.8) is 0 Å². The Morgan fingerprint density at radius 3 is 2.07 bits per heavy atom. The maximum Gasteiger partial charge on any atom is 0.431 e. The lowest BCUT2D eigenvalue weighted by Gasteiger charge is -2.37. The monoisotopic (exact) mass is 606 g/mol. The van der Waals surface area contributed by atoms with Crippen molar-refractivity contribution < 1.29 is 41.0 Å². The molecule has 4 rings (SSSR count). The predicted octanol–water partition coefficient (Wildman–Crippen LogP) is 6.56. The number of aliphatic hydroxyl groups is 1. The summed E-state index contributed by atoms with van der Waals surface area (Å²) < 4.78 is 87.8. The third kappa shape index (κ3) is 6.20. The standard InChI is InChI=1S/C27H29ClF6N4O3/c1-24(2,3)41-23(39)37-13-11-36(12-14-37)17-7-6-8-18(15-17)38-21(19-9-4-5-10-20(19)28)16-22(35-38)25(40,26(29,30)31)27(32,33)34/h4-10,15,21,40H,11-14,16H2,1-3H3. The van der Waals surface area contributed by atoms with Gasteiger partial charge in [-0.05, 0) is 50.6 Å². The second kappa shape index (κ2) is 10.9. The smallest absolute Gasteiger partial charge is 0.431 e. The van der Waals surface area contributed by atoms with Crippen LogP contribution in [0, 0.1) is 0 Å². The fourth-order valence-electron chi connectivity index (χ4n) is 4.75. The Morgan fingerprint density at radius 1 is 0.927 bits per heavy atom. The van der Waals surface area contributed by atoms with E-state index in [1.807, 2.05) is 4.90 Å². The van der Waals surface area contributed by atoms with E-state index in [0.717, 1.165) is 5.01 Å². The zero-order valence-corrected chi connectivity index (χ0v) is 23.2. The first-order chi connectivity index (χ1) is 18.9. The van der Waals surface area contributed by atoms with Crippen LogP contribution in [0.3, 0.4) is 0 Å². The quantitative estimate of drug-likeness (QED) is 0.399. The summed E-state index contributed by atoms with van der Waals surface area (Å²) in [5, 5.41) is 15.0. The number of hydrazone groups is 1. The number of benzene rings is 2. The molecule has 0 spiro atoms. The Balaban J connectivity index is 1.66. The Labute approximate surface area is 237 Å². The molecule has 1 atom stereocenters. The molecular weight excluding hydrogens is 578 g/mol. The zero-order chi connectivity index (χ0) is 30.4. The molecule has 0 bridgehead atoms. The fourth-order valence-corrected chi connectivity index (χ4v) is 5.01. The summed E-state index contributed by atoms with van der Waals surface area (Å²) >= 11 is 6.30. The van der Waals surface area contributed by atoms with Crippen LogP contribution in [-0.4, -0.2) is 71.5 Å². The number of rotatable bonds is 4. The van der Waals surface area contributed by atoms with Crippen molar-refractivity contribution in [1.82, 2.24) is 4.90 Å². The van der Waals surface area contributed by atoms with E-state index >= 15 is 0 Å². The lowest BCUT2D eigenvalue weighted by Crippen LogP contribution is -2.62. The average molecular weight is 607 g/mol. The third-order valence-corrected chi connectivity index (χ3v) is 7.15. The van der Waals surface area contributed by atoms with E-state index in [1.165, 1.54) is 18.2 Å². The number of amides is 1. The molecule has 1 N–H and O–H groups in total. The van der Waals surface area contributed by atoms with Crippen molar-refractivity contribution in [3.8, 4) is 0 Å². The predicted molar refractivity (Wildman–Crippen MR) is 142 cm³/mol. The molecular formula is C27H29ClF6N4O3. The minimum Gasteiger partial charge on any atom is -0.444 e. The molecule has 2 aliphatic heterocycles. The SMILES string of the molecule is CC(C)(C)OC(=O)N1CCN(c2cccc(N3N=C(C(O)(C(F)(F)F)C(F)(F)F)CC3c3ccccc3Cl)c2)CC1. The number of hydrogen-bond donors (Lipinski definition) is 1. The largest absolute Gasteiger partial charge is 0.444 e. The van der Waals surface area contributed by atoms with Gasteiger partial charge in [-0.15, -0.1) is 0 Å². The zero-order valence-electron chi connectivity index (χ0n) is 22.4. The van der Waals surface area contributed by atoms with Gasteiger partial charge in [0.2, 0.25) is 0 Å². The van der Waals surface area contributed by atoms with Gasteiger partial charge in [0.15, 0.2) is 0 Å². The number of piperazine rings is 1. The Hall–Kier alpha value is -3.19. The first-order valence-electron chi connectivity index (χ1n) is 12.7. The number of nitrogens with zero attached hydrogens (tertiary/aromatic N) is 4. The summed E-state index contributed by atoms with van der Waals surface area (Å²) in [5.74, 6) is 0. The van der Waals surface area contributed by atoms with Crippen molar-refractivity contribution in [2.24, 2.45) is 5.10 Å². The summed E-state index contributed by atoms with van der Waals surface area (Å²) in [6, 6.07) is 11.3. The highest BCUT2D eigenvalue weighted by atomic mass is 35.5. The topological polar surface area (TPSA) is 68.6 Å². The molecule has 2 aromatic rings. The van der Waals surface area contributed by atoms with Crippen LogP contribution in [0.5, 0.6) is 0 Å². The number of hydrogen-bond acceptors (Lipinski definition) is 6. The van der Waals surface area contributed by atoms with Crippen molar-refractivity contribution in [2.75, 3.05) is 36.1 Å². The molecule has 41 heavy (non-hydrogen) atoms. The molecule has 7 nitrogen and oxygen atoms in total. The summed E-state index contributed by atoms with van der Waals surface area (Å²) in [5.41, 5.74) is -6.22. The van der Waals surface area contributed by atoms with Crippen molar-refractivity contribution in [1.29, 1.82) is 0 Å². The van der Waals surface area contributed by atoms with E-state index in [2.05, 4.69) is 5.10 Å². The number of carbonyl (C=O) groups is 1. The minimum atomic E-state index is -6.07. The maximum absolute atomic E-state index is 13.7. The van der Waals surface area contributed by atoms with E-state index in [4.69, 9.17) is 16.3 Å². The van der Waals surface area contributed by atoms with Crippen LogP contribution in [0.15, 0.2) is 53.6 Å². The lowest BCUT2D eigenvalue weighted by molar-refractivity contribution is -0.338. The lowest BCUT2D eigenvalue weighted by atomic mass is 9.90. The minimum absolute atomic E-state index is 0.121. The van der Waals surface area contributed by atoms with Gasteiger partial charge in [-0.25, -0.2) is 4.79 Å². The highest BCUT2D eigenvalue weighted by molar-refractivity contribution is 6.31. The van der Waals surface area contributed by atoms with Crippen molar-refractivity contribution in [3.05, 3.63) is 59.1 Å². The molecule has 0 aliphatic carbocycles. The molecule has 0 radical (unpaired) electrons. The molecule has 1 unspecified atom stereocenters. The van der Waals surface area contributed by atoms with Gasteiger partial charge in [0, 0.05) is 43.3 Å². The van der Waals surface area contributed by atoms with Gasteiger partial charge in [-0.3, -0.25) is 5.01 Å². The second-order valence-electron chi connectivity index (χ2n) is 10.8. The summed E-state index contributed by atoms with van der Waals surface area (Å²) in [6.07, 6.45) is -13.5. The molecule has 1 fully saturated rings. The van der Waals surface area contributed by atoms with Crippen LogP contribution in [0.1, 0.15) is 38.8 Å². The fraction of sp³-hybridized carbons (Fsp3) is 0.481. The normalized spacial score (nSPS) is 19.0. The van der Waals surface area contributed by atoms with Crippen LogP contribution in [0.2, 0.25) is 5.02 Å². The van der Waals surface area contributed by atoms with Crippen LogP contribution in [0.25, 0.3) is 0 Å². The Kier molecular flexibility index (Phi) is 8.18. The Morgan fingerprint density at radius 2 is 1.51 bits per heavy atom. The molecule has 2 aliphatic rings. The van der Waals surface area contributed by atoms with E-state index in [1.54, 1.807) is 56.0 Å². The van der Waals surface area contributed by atoms with Crippen LogP contribution in [0.4, 0.5) is 42.5 Å². The van der Waals surface area contributed by atoms with Crippen LogP contribution < -0.4 is 9.91 Å². The van der Waals surface area contributed by atoms with Gasteiger partial charge >= 0.3 is 18.4 Å². The third-order valence-electron chi connectivity index (χ3n) is 6.80. The molecule has 1 amide bonds. The van der Waals surface area contributed by atoms with Crippen LogP contribution >= 0.6 is 11.6 Å². The van der Waals surface area contributed by atoms with Gasteiger partial charge in [0.25, 0.3) is 5.60 Å². The van der Waals surface area contributed by atoms with Crippen LogP contribution in [-0.2, 0) is 4.74 Å². The number of ether oxygens (including phenoxy) is 1.